The van der Waals surface area contributed by atoms with Gasteiger partial charge < -0.3 is 14.7 Å². The molecule has 1 aromatic carbocycles. The Morgan fingerprint density at radius 1 is 1.36 bits per heavy atom. The van der Waals surface area contributed by atoms with E-state index in [-0.39, 0.29) is 18.4 Å². The van der Waals surface area contributed by atoms with Crippen LogP contribution in [-0.2, 0) is 11.2 Å². The molecule has 0 aliphatic carbocycles. The second kappa shape index (κ2) is 7.21. The van der Waals surface area contributed by atoms with Crippen LogP contribution in [0.15, 0.2) is 22.7 Å². The highest BCUT2D eigenvalue weighted by atomic mass is 19.2. The van der Waals surface area contributed by atoms with Gasteiger partial charge in [0.25, 0.3) is 0 Å². The number of amides is 1. The zero-order valence-corrected chi connectivity index (χ0v) is 14.3. The molecule has 3 rings (SSSR count). The monoisotopic (exact) mass is 349 g/mol. The first-order chi connectivity index (χ1) is 11.9. The van der Waals surface area contributed by atoms with Gasteiger partial charge in [0, 0.05) is 36.4 Å². The minimum Gasteiger partial charge on any atom is -0.380 e. The summed E-state index contributed by atoms with van der Waals surface area (Å²) >= 11 is 0. The molecule has 0 radical (unpaired) electrons. The number of benzene rings is 1. The molecule has 1 atom stereocenters. The molecule has 1 N–H and O–H groups in total. The minimum atomic E-state index is -0.882. The Morgan fingerprint density at radius 3 is 2.84 bits per heavy atom. The van der Waals surface area contributed by atoms with Gasteiger partial charge in [-0.2, -0.15) is 0 Å². The Bertz CT molecular complexity index is 756. The van der Waals surface area contributed by atoms with Crippen molar-refractivity contribution >= 4 is 11.6 Å². The van der Waals surface area contributed by atoms with Crippen LogP contribution in [0.2, 0.25) is 0 Å². The molecular weight excluding hydrogens is 328 g/mol. The summed E-state index contributed by atoms with van der Waals surface area (Å²) in [5.41, 5.74) is 2.09. The highest BCUT2D eigenvalue weighted by molar-refractivity contribution is 5.79. The fraction of sp³-hybridized carbons (Fsp3) is 0.444. The summed E-state index contributed by atoms with van der Waals surface area (Å²) in [5, 5.41) is 7.06. The Kier molecular flexibility index (Phi) is 5.01. The van der Waals surface area contributed by atoms with Crippen LogP contribution in [0.1, 0.15) is 29.9 Å². The maximum absolute atomic E-state index is 13.3. The van der Waals surface area contributed by atoms with E-state index in [1.165, 1.54) is 6.07 Å². The average molecular weight is 349 g/mol. The van der Waals surface area contributed by atoms with Crippen molar-refractivity contribution in [3.8, 4) is 0 Å². The molecule has 1 saturated heterocycles. The molecule has 7 heteroatoms. The van der Waals surface area contributed by atoms with Gasteiger partial charge in [0.15, 0.2) is 11.6 Å². The number of carbonyl (C=O) groups excluding carboxylic acids is 1. The number of aromatic nitrogens is 1. The second-order valence-electron chi connectivity index (χ2n) is 6.43. The summed E-state index contributed by atoms with van der Waals surface area (Å²) in [6.07, 6.45) is 1.99. The van der Waals surface area contributed by atoms with Crippen molar-refractivity contribution < 1.29 is 18.1 Å². The zero-order valence-electron chi connectivity index (χ0n) is 14.3. The molecule has 1 fully saturated rings. The fourth-order valence-electron chi connectivity index (χ4n) is 3.16. The highest BCUT2D eigenvalue weighted by Gasteiger charge is 2.25. The van der Waals surface area contributed by atoms with E-state index in [4.69, 9.17) is 4.52 Å². The second-order valence-corrected chi connectivity index (χ2v) is 6.43. The van der Waals surface area contributed by atoms with Crippen LogP contribution >= 0.6 is 0 Å². The molecule has 0 saturated carbocycles. The Labute approximate surface area is 145 Å². The number of nitrogens with one attached hydrogen (secondary N) is 1. The van der Waals surface area contributed by atoms with E-state index in [9.17, 15) is 13.6 Å². The van der Waals surface area contributed by atoms with Crippen molar-refractivity contribution in [2.45, 2.75) is 39.2 Å². The molecule has 5 nitrogen and oxygen atoms in total. The van der Waals surface area contributed by atoms with E-state index in [1.807, 2.05) is 6.92 Å². The maximum atomic E-state index is 13.3. The van der Waals surface area contributed by atoms with Gasteiger partial charge in [0.05, 0.1) is 12.1 Å². The zero-order chi connectivity index (χ0) is 18.0. The lowest BCUT2D eigenvalue weighted by Crippen LogP contribution is -2.45. The lowest BCUT2D eigenvalue weighted by molar-refractivity contribution is -0.131. The van der Waals surface area contributed by atoms with E-state index >= 15 is 0 Å². The van der Waals surface area contributed by atoms with Crippen LogP contribution in [0.5, 0.6) is 0 Å². The third-order valence-corrected chi connectivity index (χ3v) is 4.57. The van der Waals surface area contributed by atoms with Crippen molar-refractivity contribution in [1.29, 1.82) is 0 Å². The summed E-state index contributed by atoms with van der Waals surface area (Å²) in [6, 6.07) is 3.75. The predicted molar refractivity (Wildman–Crippen MR) is 89.3 cm³/mol. The molecule has 0 bridgehead atoms. The van der Waals surface area contributed by atoms with Crippen LogP contribution in [0.25, 0.3) is 0 Å². The molecule has 1 aromatic heterocycles. The van der Waals surface area contributed by atoms with E-state index < -0.39 is 11.6 Å². The first kappa shape index (κ1) is 17.4. The standard InChI is InChI=1S/C18H21F2N3O2/c1-11-15(12(2)25-22-11)9-18(24)23-7-3-4-14(10-23)21-13-5-6-16(19)17(20)8-13/h5-6,8,14,21H,3-4,7,9-10H2,1-2H3. The van der Waals surface area contributed by atoms with Crippen molar-refractivity contribution in [1.82, 2.24) is 10.1 Å². The summed E-state index contributed by atoms with van der Waals surface area (Å²) in [5.74, 6) is -1.07. The third-order valence-electron chi connectivity index (χ3n) is 4.57. The molecule has 2 aromatic rings. The van der Waals surface area contributed by atoms with Gasteiger partial charge >= 0.3 is 0 Å². The smallest absolute Gasteiger partial charge is 0.227 e. The lowest BCUT2D eigenvalue weighted by Gasteiger charge is -2.33. The normalized spacial score (nSPS) is 17.6. The van der Waals surface area contributed by atoms with Crippen molar-refractivity contribution in [2.24, 2.45) is 0 Å². The maximum Gasteiger partial charge on any atom is 0.227 e. The quantitative estimate of drug-likeness (QED) is 0.921. The molecule has 25 heavy (non-hydrogen) atoms. The number of rotatable bonds is 4. The number of nitrogens with zero attached hydrogens (tertiary/aromatic N) is 2. The molecule has 1 amide bonds. The third kappa shape index (κ3) is 3.97. The Morgan fingerprint density at radius 2 is 2.16 bits per heavy atom. The number of carbonyl (C=O) groups is 1. The molecule has 134 valence electrons. The van der Waals surface area contributed by atoms with Gasteiger partial charge in [-0.15, -0.1) is 0 Å². The predicted octanol–water partition coefficient (Wildman–Crippen LogP) is 3.22. The Hall–Kier alpha value is -2.44. The Balaban J connectivity index is 1.62. The fourth-order valence-corrected chi connectivity index (χ4v) is 3.16. The first-order valence-corrected chi connectivity index (χ1v) is 8.35. The molecule has 0 spiro atoms. The van der Waals surface area contributed by atoms with Gasteiger partial charge in [-0.3, -0.25) is 4.79 Å². The van der Waals surface area contributed by atoms with Gasteiger partial charge in [-0.05, 0) is 38.8 Å². The lowest BCUT2D eigenvalue weighted by atomic mass is 10.0. The summed E-state index contributed by atoms with van der Waals surface area (Å²) < 4.78 is 31.5. The minimum absolute atomic E-state index is 0.00669. The van der Waals surface area contributed by atoms with Gasteiger partial charge in [0.1, 0.15) is 5.76 Å². The number of piperidine rings is 1. The topological polar surface area (TPSA) is 58.4 Å². The van der Waals surface area contributed by atoms with E-state index in [2.05, 4.69) is 10.5 Å². The van der Waals surface area contributed by atoms with Crippen molar-refractivity contribution in [3.63, 3.8) is 0 Å². The van der Waals surface area contributed by atoms with Gasteiger partial charge in [-0.25, -0.2) is 8.78 Å². The molecular formula is C18H21F2N3O2. The molecule has 1 aliphatic heterocycles. The van der Waals surface area contributed by atoms with E-state index in [1.54, 1.807) is 11.8 Å². The first-order valence-electron chi connectivity index (χ1n) is 8.35. The number of hydrogen-bond acceptors (Lipinski definition) is 4. The van der Waals surface area contributed by atoms with Gasteiger partial charge in [-0.1, -0.05) is 5.16 Å². The van der Waals surface area contributed by atoms with Crippen molar-refractivity contribution in [2.75, 3.05) is 18.4 Å². The van der Waals surface area contributed by atoms with Crippen LogP contribution < -0.4 is 5.32 Å². The van der Waals surface area contributed by atoms with Crippen LogP contribution in [0.3, 0.4) is 0 Å². The molecule has 2 heterocycles. The van der Waals surface area contributed by atoms with E-state index in [0.29, 0.717) is 24.5 Å². The van der Waals surface area contributed by atoms with Crippen LogP contribution in [0, 0.1) is 25.5 Å². The number of aryl methyl sites for hydroxylation is 2. The summed E-state index contributed by atoms with van der Waals surface area (Å²) in [6.45, 7) is 4.84. The number of anilines is 1. The molecule has 1 unspecified atom stereocenters. The number of halogens is 2. The number of likely N-dealkylation sites (tertiary alicyclic amines) is 1. The van der Waals surface area contributed by atoms with Gasteiger partial charge in [0.2, 0.25) is 5.91 Å². The number of hydrogen-bond donors (Lipinski definition) is 1. The van der Waals surface area contributed by atoms with E-state index in [0.717, 1.165) is 36.2 Å². The largest absolute Gasteiger partial charge is 0.380 e. The molecule has 1 aliphatic rings. The summed E-state index contributed by atoms with van der Waals surface area (Å²) in [4.78, 5) is 14.4. The highest BCUT2D eigenvalue weighted by Crippen LogP contribution is 2.20. The summed E-state index contributed by atoms with van der Waals surface area (Å²) in [7, 11) is 0. The van der Waals surface area contributed by atoms with Crippen LogP contribution in [0.4, 0.5) is 14.5 Å². The SMILES string of the molecule is Cc1noc(C)c1CC(=O)N1CCCC(Nc2ccc(F)c(F)c2)C1. The average Bonchev–Trinajstić information content (AvgIpc) is 2.90. The van der Waals surface area contributed by atoms with Crippen molar-refractivity contribution in [3.05, 3.63) is 46.9 Å². The van der Waals surface area contributed by atoms with Crippen LogP contribution in [-0.4, -0.2) is 35.1 Å².